The van der Waals surface area contributed by atoms with Crippen LogP contribution in [0, 0.1) is 17.5 Å². The van der Waals surface area contributed by atoms with Gasteiger partial charge in [-0.3, -0.25) is 4.98 Å². The lowest BCUT2D eigenvalue weighted by Gasteiger charge is -2.00. The topological polar surface area (TPSA) is 191 Å². The van der Waals surface area contributed by atoms with Crippen LogP contribution in [0.1, 0.15) is 0 Å². The van der Waals surface area contributed by atoms with E-state index in [4.69, 9.17) is 17.7 Å². The number of hydrogen-bond donors (Lipinski definition) is 4. The summed E-state index contributed by atoms with van der Waals surface area (Å²) in [6.07, 6.45) is 14.4. The lowest BCUT2D eigenvalue weighted by atomic mass is 10.2. The van der Waals surface area contributed by atoms with E-state index in [1.807, 2.05) is 97.1 Å². The van der Waals surface area contributed by atoms with Crippen LogP contribution < -0.4 is 21.3 Å². The molecule has 0 bridgehead atoms. The minimum Gasteiger partial charge on any atom is -0.431 e. The van der Waals surface area contributed by atoms with Gasteiger partial charge in [0.05, 0.1) is 0 Å². The largest absolute Gasteiger partial charge is 0.431 e. The van der Waals surface area contributed by atoms with Crippen molar-refractivity contribution >= 4 is 62.7 Å². The Labute approximate surface area is 440 Å². The Kier molecular flexibility index (Phi) is 17.0. The first-order valence-corrected chi connectivity index (χ1v) is 23.7. The quantitative estimate of drug-likeness (QED) is 0.0903. The van der Waals surface area contributed by atoms with Crippen LogP contribution >= 0.6 is 15.9 Å². The van der Waals surface area contributed by atoms with Crippen LogP contribution in [-0.4, -0.2) is 34.9 Å². The molecule has 6 aromatic heterocycles. The number of anilines is 8. The molecular formula is C57H41BrF3N11O4. The summed E-state index contributed by atoms with van der Waals surface area (Å²) >= 11 is 3.40. The Hall–Kier alpha value is -10.1. The standard InChI is InChI=1S/C15H11BrN2O.C15H11FN2O.C14H10FN3O.C13H9FN4O/c2*16-12-6-8-13(9-7-12)17-15-18-14(10-19-15)11-4-2-1-3-5-11;15-11-3-5-12(6-4-11)17-14-18-13(9-19-14)10-2-1-7-16-8-10;14-10-1-3-11(4-2-10)17-13-18-12(7-19-13)9-5-15-8-16-6-9/h2*1-10H,(H,17,18);1-9H,(H,17,18);1-8H,(H,17,18). The molecule has 0 aliphatic rings. The first kappa shape index (κ1) is 50.8. The van der Waals surface area contributed by atoms with Gasteiger partial charge in [-0.25, -0.2) is 23.1 Å². The normalized spacial score (nSPS) is 10.4. The fraction of sp³-hybridized carbons (Fsp3) is 0. The smallest absolute Gasteiger partial charge is 0.299 e. The first-order chi connectivity index (χ1) is 37.2. The van der Waals surface area contributed by atoms with Crippen LogP contribution in [0.5, 0.6) is 0 Å². The highest BCUT2D eigenvalue weighted by Gasteiger charge is 2.10. The highest BCUT2D eigenvalue weighted by molar-refractivity contribution is 9.10. The van der Waals surface area contributed by atoms with E-state index in [9.17, 15) is 13.2 Å². The number of oxazole rings is 4. The van der Waals surface area contributed by atoms with Crippen molar-refractivity contribution in [2.45, 2.75) is 0 Å². The van der Waals surface area contributed by atoms with Gasteiger partial charge in [-0.1, -0.05) is 76.6 Å². The zero-order valence-electron chi connectivity index (χ0n) is 39.6. The number of pyridine rings is 1. The van der Waals surface area contributed by atoms with Crippen molar-refractivity contribution in [3.8, 4) is 45.0 Å². The minimum absolute atomic E-state index is 0.275. The fourth-order valence-corrected chi connectivity index (χ4v) is 6.91. The molecule has 0 saturated heterocycles. The summed E-state index contributed by atoms with van der Waals surface area (Å²) in [6, 6.07) is 50.7. The molecule has 12 aromatic rings. The summed E-state index contributed by atoms with van der Waals surface area (Å²) < 4.78 is 60.7. The summed E-state index contributed by atoms with van der Waals surface area (Å²) in [5, 5.41) is 12.0. The molecule has 6 heterocycles. The van der Waals surface area contributed by atoms with E-state index >= 15 is 0 Å². The second-order valence-electron chi connectivity index (χ2n) is 15.8. The lowest BCUT2D eigenvalue weighted by molar-refractivity contribution is 0.578. The number of nitrogens with zero attached hydrogens (tertiary/aromatic N) is 7. The van der Waals surface area contributed by atoms with Crippen molar-refractivity contribution in [3.63, 3.8) is 0 Å². The van der Waals surface area contributed by atoms with Crippen LogP contribution in [0.2, 0.25) is 0 Å². The average molecular weight is 1080 g/mol. The van der Waals surface area contributed by atoms with Crippen LogP contribution in [0.4, 0.5) is 60.0 Å². The second kappa shape index (κ2) is 25.5. The Bertz CT molecular complexity index is 3140. The monoisotopic (exact) mass is 1080 g/mol. The van der Waals surface area contributed by atoms with Crippen molar-refractivity contribution in [1.82, 2.24) is 34.9 Å². The molecule has 0 spiro atoms. The molecule has 19 heteroatoms. The van der Waals surface area contributed by atoms with Gasteiger partial charge < -0.3 is 38.9 Å². The highest BCUT2D eigenvalue weighted by atomic mass is 79.9. The zero-order chi connectivity index (χ0) is 52.3. The Balaban J connectivity index is 0.000000124. The maximum absolute atomic E-state index is 12.8. The summed E-state index contributed by atoms with van der Waals surface area (Å²) in [5.41, 5.74) is 9.62. The first-order valence-electron chi connectivity index (χ1n) is 22.9. The molecule has 0 atom stereocenters. The minimum atomic E-state index is -0.292. The van der Waals surface area contributed by atoms with Gasteiger partial charge in [0, 0.05) is 74.3 Å². The van der Waals surface area contributed by atoms with Gasteiger partial charge in [0.15, 0.2) is 0 Å². The third-order valence-corrected chi connectivity index (χ3v) is 10.9. The van der Waals surface area contributed by atoms with E-state index < -0.39 is 0 Å². The van der Waals surface area contributed by atoms with Crippen molar-refractivity contribution in [2.75, 3.05) is 21.3 Å². The number of aromatic nitrogens is 7. The van der Waals surface area contributed by atoms with Crippen molar-refractivity contribution in [3.05, 3.63) is 248 Å². The maximum atomic E-state index is 12.8. The molecule has 6 aromatic carbocycles. The van der Waals surface area contributed by atoms with Gasteiger partial charge in [0.25, 0.3) is 24.1 Å². The Morgan fingerprint density at radius 1 is 0.329 bits per heavy atom. The molecule has 76 heavy (non-hydrogen) atoms. The van der Waals surface area contributed by atoms with Crippen molar-refractivity contribution in [2.24, 2.45) is 0 Å². The summed E-state index contributed by atoms with van der Waals surface area (Å²) in [5.74, 6) is -0.850. The van der Waals surface area contributed by atoms with Gasteiger partial charge in [-0.05, 0) is 109 Å². The second-order valence-corrected chi connectivity index (χ2v) is 16.7. The Morgan fingerprint density at radius 3 is 1.00 bits per heavy atom. The molecule has 0 fully saturated rings. The van der Waals surface area contributed by atoms with Gasteiger partial charge in [0.1, 0.15) is 71.6 Å². The molecule has 376 valence electrons. The van der Waals surface area contributed by atoms with Gasteiger partial charge >= 0.3 is 0 Å². The molecule has 0 aliphatic heterocycles. The SMILES string of the molecule is Brc1ccc(Nc2nc(-c3ccccc3)co2)cc1.Fc1ccc(Nc2nc(-c3ccccc3)co2)cc1.Fc1ccc(Nc2nc(-c3cccnc3)co2)cc1.Fc1ccc(Nc2nc(-c3cncnc3)co2)cc1. The molecule has 0 amide bonds. The third-order valence-electron chi connectivity index (χ3n) is 10.4. The fourth-order valence-electron chi connectivity index (χ4n) is 6.65. The predicted molar refractivity (Wildman–Crippen MR) is 288 cm³/mol. The number of hydrogen-bond acceptors (Lipinski definition) is 15. The van der Waals surface area contributed by atoms with E-state index in [0.717, 1.165) is 49.5 Å². The van der Waals surface area contributed by atoms with Crippen molar-refractivity contribution in [1.29, 1.82) is 0 Å². The van der Waals surface area contributed by atoms with E-state index in [1.54, 1.807) is 80.0 Å². The van der Waals surface area contributed by atoms with Crippen LogP contribution in [-0.2, 0) is 0 Å². The maximum Gasteiger partial charge on any atom is 0.299 e. The van der Waals surface area contributed by atoms with Gasteiger partial charge in [-0.15, -0.1) is 0 Å². The summed E-state index contributed by atoms with van der Waals surface area (Å²) in [7, 11) is 0. The molecule has 0 radical (unpaired) electrons. The average Bonchev–Trinajstić information content (AvgIpc) is 4.33. The molecule has 0 saturated carbocycles. The molecular weight excluding hydrogens is 1040 g/mol. The van der Waals surface area contributed by atoms with E-state index in [-0.39, 0.29) is 17.5 Å². The number of nitrogens with one attached hydrogen (secondary N) is 4. The summed E-state index contributed by atoms with van der Waals surface area (Å²) in [4.78, 5) is 29.1. The number of benzene rings is 6. The molecule has 15 nitrogen and oxygen atoms in total. The number of halogens is 4. The van der Waals surface area contributed by atoms with Crippen LogP contribution in [0.25, 0.3) is 45.0 Å². The summed E-state index contributed by atoms with van der Waals surface area (Å²) in [6.45, 7) is 0. The highest BCUT2D eigenvalue weighted by Crippen LogP contribution is 2.27. The molecule has 12 rings (SSSR count). The zero-order valence-corrected chi connectivity index (χ0v) is 41.2. The molecule has 0 aliphatic carbocycles. The van der Waals surface area contributed by atoms with Gasteiger partial charge in [0.2, 0.25) is 0 Å². The third kappa shape index (κ3) is 15.0. The van der Waals surface area contributed by atoms with E-state index in [2.05, 4.69) is 72.1 Å². The van der Waals surface area contributed by atoms with Crippen LogP contribution in [0.15, 0.2) is 248 Å². The molecule has 4 N–H and O–H groups in total. The predicted octanol–water partition coefficient (Wildman–Crippen LogP) is 15.7. The van der Waals surface area contributed by atoms with Gasteiger partial charge in [-0.2, -0.15) is 19.9 Å². The van der Waals surface area contributed by atoms with Crippen LogP contribution in [0.3, 0.4) is 0 Å². The van der Waals surface area contributed by atoms with Crippen molar-refractivity contribution < 1.29 is 30.8 Å². The molecule has 0 unspecified atom stereocenters. The van der Waals surface area contributed by atoms with E-state index in [0.29, 0.717) is 46.8 Å². The van der Waals surface area contributed by atoms with E-state index in [1.165, 1.54) is 49.0 Å². The number of rotatable bonds is 12. The Morgan fingerprint density at radius 2 is 0.645 bits per heavy atom. The lowest BCUT2D eigenvalue weighted by Crippen LogP contribution is -1.90.